The Morgan fingerprint density at radius 1 is 0.609 bits per heavy atom. The van der Waals surface area contributed by atoms with E-state index in [0.29, 0.717) is 0 Å². The van der Waals surface area contributed by atoms with Crippen molar-refractivity contribution in [3.05, 3.63) is 176 Å². The first-order valence-corrected chi connectivity index (χ1v) is 15.5. The maximum absolute atomic E-state index is 11.3. The van der Waals surface area contributed by atoms with Gasteiger partial charge in [-0.2, -0.15) is 0 Å². The fourth-order valence-corrected chi connectivity index (χ4v) is 2.24. The van der Waals surface area contributed by atoms with E-state index in [9.17, 15) is 8.78 Å². The van der Waals surface area contributed by atoms with Crippen molar-refractivity contribution in [1.82, 2.24) is 0 Å². The van der Waals surface area contributed by atoms with E-state index >= 15 is 0 Å². The summed E-state index contributed by atoms with van der Waals surface area (Å²) in [5.74, 6) is -1.48. The molecule has 0 radical (unpaired) electrons. The zero-order chi connectivity index (χ0) is 36.4. The van der Waals surface area contributed by atoms with Crippen molar-refractivity contribution in [2.75, 3.05) is 7.11 Å². The molecule has 0 aliphatic carbocycles. The molecular formula is C43H62F2O. The van der Waals surface area contributed by atoms with Crippen molar-refractivity contribution in [2.24, 2.45) is 0 Å². The summed E-state index contributed by atoms with van der Waals surface area (Å²) in [7, 11) is 1.56. The molecule has 0 unspecified atom stereocenters. The largest absolute Gasteiger partial charge is 0.505 e. The minimum absolute atomic E-state index is 0.741. The maximum Gasteiger partial charge on any atom is 0.128 e. The van der Waals surface area contributed by atoms with Gasteiger partial charge < -0.3 is 4.74 Å². The van der Waals surface area contributed by atoms with Crippen LogP contribution >= 0.6 is 0 Å². The minimum atomic E-state index is -0.741. The van der Waals surface area contributed by atoms with Crippen molar-refractivity contribution < 1.29 is 13.5 Å². The van der Waals surface area contributed by atoms with E-state index in [0.717, 1.165) is 20.3 Å². The molecule has 254 valence electrons. The molecule has 0 N–H and O–H groups in total. The second-order valence-corrected chi connectivity index (χ2v) is 8.37. The van der Waals surface area contributed by atoms with Crippen molar-refractivity contribution in [3.8, 4) is 0 Å². The number of rotatable bonds is 5. The fraction of sp³-hybridized carbons (Fsp3) is 0.256. The molecule has 3 heteroatoms. The molecule has 0 aliphatic rings. The molecule has 0 atom stereocenters. The van der Waals surface area contributed by atoms with Gasteiger partial charge in [0.05, 0.1) is 13.4 Å². The van der Waals surface area contributed by atoms with E-state index in [-0.39, 0.29) is 0 Å². The zero-order valence-electron chi connectivity index (χ0n) is 30.4. The van der Waals surface area contributed by atoms with Crippen LogP contribution < -0.4 is 0 Å². The van der Waals surface area contributed by atoms with Crippen LogP contribution in [0, 0.1) is 0 Å². The summed E-state index contributed by atoms with van der Waals surface area (Å²) >= 11 is 0. The number of ether oxygens (including phenoxy) is 1. The first-order valence-electron chi connectivity index (χ1n) is 15.5. The molecule has 0 saturated carbocycles. The van der Waals surface area contributed by atoms with Crippen LogP contribution in [0.1, 0.15) is 84.6 Å². The van der Waals surface area contributed by atoms with Gasteiger partial charge in [0.15, 0.2) is 0 Å². The lowest BCUT2D eigenvalue weighted by atomic mass is 10.1. The van der Waals surface area contributed by atoms with Crippen LogP contribution in [-0.4, -0.2) is 7.11 Å². The zero-order valence-corrected chi connectivity index (χ0v) is 30.4. The average molecular weight is 633 g/mol. The monoisotopic (exact) mass is 632 g/mol. The van der Waals surface area contributed by atoms with E-state index in [4.69, 9.17) is 0 Å². The van der Waals surface area contributed by atoms with Gasteiger partial charge in [0.1, 0.15) is 11.7 Å². The van der Waals surface area contributed by atoms with Crippen LogP contribution in [0.4, 0.5) is 8.78 Å². The molecule has 0 bridgehead atoms. The maximum atomic E-state index is 11.3. The number of methoxy groups -OCH3 is 1. The van der Waals surface area contributed by atoms with E-state index in [1.54, 1.807) is 13.2 Å². The first kappa shape index (κ1) is 51.1. The molecule has 3 aromatic rings. The van der Waals surface area contributed by atoms with Crippen molar-refractivity contribution >= 4 is 18.2 Å². The Morgan fingerprint density at radius 2 is 0.935 bits per heavy atom. The second kappa shape index (κ2) is 44.9. The number of hydrogen-bond acceptors (Lipinski definition) is 1. The van der Waals surface area contributed by atoms with Crippen LogP contribution in [0.5, 0.6) is 0 Å². The molecule has 0 spiro atoms. The molecule has 3 aromatic carbocycles. The van der Waals surface area contributed by atoms with Gasteiger partial charge in [-0.25, -0.2) is 8.78 Å². The van der Waals surface area contributed by atoms with Crippen LogP contribution in [0.2, 0.25) is 0 Å². The summed E-state index contributed by atoms with van der Waals surface area (Å²) < 4.78 is 27.0. The third-order valence-electron chi connectivity index (χ3n) is 4.79. The Morgan fingerprint density at radius 3 is 1.15 bits per heavy atom. The van der Waals surface area contributed by atoms with Gasteiger partial charge in [0.2, 0.25) is 0 Å². The molecule has 0 aliphatic heterocycles. The van der Waals surface area contributed by atoms with Crippen molar-refractivity contribution in [1.29, 1.82) is 0 Å². The topological polar surface area (TPSA) is 9.23 Å². The molecule has 0 heterocycles. The van der Waals surface area contributed by atoms with Crippen LogP contribution in [0.25, 0.3) is 18.2 Å². The summed E-state index contributed by atoms with van der Waals surface area (Å²) in [4.78, 5) is 0. The Kier molecular flexibility index (Phi) is 49.9. The SMILES string of the molecule is C/C(F)=C(\C)F.C/C=C\C.C/C=C\c1ccccc1.C=CC.C=COC.C=Cc1ccc(CC)cc1.C=Cc1ccccc1.CC. The summed E-state index contributed by atoms with van der Waals surface area (Å²) in [5, 5.41) is 0. The third kappa shape index (κ3) is 43.9. The van der Waals surface area contributed by atoms with Gasteiger partial charge >= 0.3 is 0 Å². The quantitative estimate of drug-likeness (QED) is 0.201. The fourth-order valence-electron chi connectivity index (χ4n) is 2.24. The first-order chi connectivity index (χ1) is 22.1. The molecule has 0 aromatic heterocycles. The molecular weight excluding hydrogens is 570 g/mol. The summed E-state index contributed by atoms with van der Waals surface area (Å²) in [6.07, 6.45) is 16.0. The van der Waals surface area contributed by atoms with E-state index in [1.165, 1.54) is 28.5 Å². The van der Waals surface area contributed by atoms with Gasteiger partial charge in [-0.1, -0.05) is 168 Å². The lowest BCUT2D eigenvalue weighted by Crippen LogP contribution is -1.78. The summed E-state index contributed by atoms with van der Waals surface area (Å²) in [6.45, 7) is 30.2. The molecule has 0 fully saturated rings. The number of allylic oxidation sites excluding steroid dienone is 6. The van der Waals surface area contributed by atoms with E-state index < -0.39 is 11.7 Å². The van der Waals surface area contributed by atoms with Gasteiger partial charge in [0.25, 0.3) is 0 Å². The standard InChI is InChI=1S/C10H12.C9H10.C8H8.C4H6F2.C4H8.C3H6O.C3H6.C2H6/c1-3-9-5-7-10(4-2)8-6-9;1-2-6-9-7-4-3-5-8-9;1-2-8-6-4-3-5-7-8;1-3(5)4(2)6;2*1-3-4-2;1-3-2;1-2/h3,5-8H,1,4H2,2H3;2-8H,1H3;2-7H,1H2;1-2H3;3-4H,1-2H3;3H,1H2,2H3;3H,1H2,2H3;1-2H3/b;6-2-;;2*4-3-;;;. The smallest absolute Gasteiger partial charge is 0.128 e. The third-order valence-corrected chi connectivity index (χ3v) is 4.79. The molecule has 0 amide bonds. The highest BCUT2D eigenvalue weighted by Crippen LogP contribution is 2.05. The lowest BCUT2D eigenvalue weighted by Gasteiger charge is -1.95. The molecule has 1 nitrogen and oxygen atoms in total. The van der Waals surface area contributed by atoms with Gasteiger partial charge in [0, 0.05) is 0 Å². The highest BCUT2D eigenvalue weighted by molar-refractivity contribution is 5.48. The normalized spacial score (nSPS) is 9.04. The van der Waals surface area contributed by atoms with Crippen LogP contribution in [0.15, 0.2) is 153 Å². The Balaban J connectivity index is -0.000000146. The van der Waals surface area contributed by atoms with Crippen molar-refractivity contribution in [3.63, 3.8) is 0 Å². The van der Waals surface area contributed by atoms with Crippen LogP contribution in [-0.2, 0) is 11.2 Å². The number of benzene rings is 3. The summed E-state index contributed by atoms with van der Waals surface area (Å²) in [6, 6.07) is 28.7. The lowest BCUT2D eigenvalue weighted by molar-refractivity contribution is 0.339. The molecule has 0 saturated heterocycles. The van der Waals surface area contributed by atoms with E-state index in [1.807, 2.05) is 120 Å². The highest BCUT2D eigenvalue weighted by atomic mass is 19.2. The average Bonchev–Trinajstić information content (AvgIpc) is 3.11. The Hall–Kier alpha value is -4.50. The highest BCUT2D eigenvalue weighted by Gasteiger charge is 1.87. The second-order valence-electron chi connectivity index (χ2n) is 8.37. The predicted octanol–water partition coefficient (Wildman–Crippen LogP) is 14.7. The van der Waals surface area contributed by atoms with E-state index in [2.05, 4.69) is 80.5 Å². The Bertz CT molecular complexity index is 1120. The number of aryl methyl sites for hydroxylation is 1. The van der Waals surface area contributed by atoms with Crippen molar-refractivity contribution in [2.45, 2.75) is 68.7 Å². The minimum Gasteiger partial charge on any atom is -0.505 e. The molecule has 3 rings (SSSR count). The molecule has 46 heavy (non-hydrogen) atoms. The number of halogens is 2. The Labute approximate surface area is 282 Å². The predicted molar refractivity (Wildman–Crippen MR) is 209 cm³/mol. The van der Waals surface area contributed by atoms with Gasteiger partial charge in [-0.05, 0) is 70.2 Å². The van der Waals surface area contributed by atoms with Gasteiger partial charge in [-0.3, -0.25) is 0 Å². The van der Waals surface area contributed by atoms with Gasteiger partial charge in [-0.15, -0.1) is 6.58 Å². The number of hydrogen-bond donors (Lipinski definition) is 0. The van der Waals surface area contributed by atoms with Crippen LogP contribution in [0.3, 0.4) is 0 Å². The summed E-state index contributed by atoms with van der Waals surface area (Å²) in [5.41, 5.74) is 5.01.